The SMILES string of the molecule is CCC(c1ccc2c(c1)N(C)C(=O)C(C)(C)C(=O)N2)N(CCn1ccc2oc(C)cc2c1=O)Cc1cccnc1CNC=O. The molecule has 0 aliphatic carbocycles. The number of hydrogen-bond donors (Lipinski definition) is 2. The minimum Gasteiger partial charge on any atom is -0.461 e. The Hall–Kier alpha value is -4.77. The number of carbonyl (C=O) groups excluding carboxylic acids is 3. The third-order valence-electron chi connectivity index (χ3n) is 8.37. The van der Waals surface area contributed by atoms with E-state index in [2.05, 4.69) is 27.4 Å². The summed E-state index contributed by atoms with van der Waals surface area (Å²) in [5.41, 5.74) is 3.10. The van der Waals surface area contributed by atoms with Crippen molar-refractivity contribution < 1.29 is 18.8 Å². The minimum atomic E-state index is -1.21. The van der Waals surface area contributed by atoms with Crippen molar-refractivity contribution in [1.29, 1.82) is 0 Å². The second kappa shape index (κ2) is 12.5. The fraction of sp³-hybridized carbons (Fsp3) is 0.364. The summed E-state index contributed by atoms with van der Waals surface area (Å²) in [6, 6.07) is 13.1. The fourth-order valence-electron chi connectivity index (χ4n) is 5.84. The van der Waals surface area contributed by atoms with Crippen LogP contribution < -0.4 is 21.1 Å². The van der Waals surface area contributed by atoms with Crippen LogP contribution in [0.4, 0.5) is 11.4 Å². The van der Waals surface area contributed by atoms with Gasteiger partial charge in [0.25, 0.3) is 5.56 Å². The van der Waals surface area contributed by atoms with Gasteiger partial charge in [-0.1, -0.05) is 19.1 Å². The van der Waals surface area contributed by atoms with Crippen molar-refractivity contribution in [3.63, 3.8) is 0 Å². The Balaban J connectivity index is 1.52. The average molecular weight is 599 g/mol. The van der Waals surface area contributed by atoms with Gasteiger partial charge in [-0.15, -0.1) is 0 Å². The summed E-state index contributed by atoms with van der Waals surface area (Å²) in [5, 5.41) is 6.17. The van der Waals surface area contributed by atoms with Crippen LogP contribution in [-0.4, -0.2) is 46.3 Å². The van der Waals surface area contributed by atoms with Crippen LogP contribution >= 0.6 is 0 Å². The minimum absolute atomic E-state index is 0.113. The van der Waals surface area contributed by atoms with Gasteiger partial charge in [-0.2, -0.15) is 0 Å². The lowest BCUT2D eigenvalue weighted by Crippen LogP contribution is -2.43. The number of anilines is 2. The summed E-state index contributed by atoms with van der Waals surface area (Å²) < 4.78 is 7.33. The summed E-state index contributed by atoms with van der Waals surface area (Å²) in [6.45, 7) is 8.89. The van der Waals surface area contributed by atoms with E-state index in [4.69, 9.17) is 4.42 Å². The van der Waals surface area contributed by atoms with Gasteiger partial charge in [0.1, 0.15) is 16.8 Å². The van der Waals surface area contributed by atoms with Crippen LogP contribution in [0.5, 0.6) is 0 Å². The topological polar surface area (TPSA) is 130 Å². The average Bonchev–Trinajstić information content (AvgIpc) is 3.38. The molecule has 11 nitrogen and oxygen atoms in total. The highest BCUT2D eigenvalue weighted by atomic mass is 16.3. The Morgan fingerprint density at radius 1 is 1.16 bits per heavy atom. The van der Waals surface area contributed by atoms with E-state index in [1.165, 1.54) is 0 Å². The van der Waals surface area contributed by atoms with Crippen LogP contribution in [0.3, 0.4) is 0 Å². The molecule has 1 atom stereocenters. The number of carbonyl (C=O) groups is 3. The number of rotatable bonds is 11. The molecule has 5 rings (SSSR count). The van der Waals surface area contributed by atoms with Crippen molar-refractivity contribution in [2.45, 2.75) is 59.8 Å². The number of pyridine rings is 2. The second-order valence-corrected chi connectivity index (χ2v) is 11.7. The first-order valence-electron chi connectivity index (χ1n) is 14.7. The Kier molecular flexibility index (Phi) is 8.68. The molecule has 11 heteroatoms. The number of fused-ring (bicyclic) bond motifs is 2. The molecular formula is C33H38N6O5. The van der Waals surface area contributed by atoms with E-state index >= 15 is 0 Å². The van der Waals surface area contributed by atoms with Gasteiger partial charge < -0.3 is 24.5 Å². The summed E-state index contributed by atoms with van der Waals surface area (Å²) >= 11 is 0. The molecule has 3 aromatic heterocycles. The van der Waals surface area contributed by atoms with Gasteiger partial charge in [-0.3, -0.25) is 29.1 Å². The van der Waals surface area contributed by atoms with Gasteiger partial charge in [0.05, 0.1) is 29.0 Å². The predicted octanol–water partition coefficient (Wildman–Crippen LogP) is 4.14. The van der Waals surface area contributed by atoms with Crippen molar-refractivity contribution in [3.8, 4) is 0 Å². The van der Waals surface area contributed by atoms with E-state index in [9.17, 15) is 19.2 Å². The Morgan fingerprint density at radius 3 is 2.70 bits per heavy atom. The Labute approximate surface area is 255 Å². The number of amides is 3. The lowest BCUT2D eigenvalue weighted by molar-refractivity contribution is -0.136. The molecule has 0 bridgehead atoms. The molecule has 2 N–H and O–H groups in total. The van der Waals surface area contributed by atoms with Crippen molar-refractivity contribution in [2.24, 2.45) is 5.41 Å². The molecule has 4 aromatic rings. The highest BCUT2D eigenvalue weighted by Gasteiger charge is 2.42. The third-order valence-corrected chi connectivity index (χ3v) is 8.37. The molecule has 44 heavy (non-hydrogen) atoms. The van der Waals surface area contributed by atoms with Gasteiger partial charge in [0.2, 0.25) is 18.2 Å². The van der Waals surface area contributed by atoms with Crippen LogP contribution in [0.2, 0.25) is 0 Å². The van der Waals surface area contributed by atoms with E-state index in [0.29, 0.717) is 60.7 Å². The zero-order valence-electron chi connectivity index (χ0n) is 25.7. The van der Waals surface area contributed by atoms with Crippen LogP contribution in [0.1, 0.15) is 55.8 Å². The maximum absolute atomic E-state index is 13.3. The van der Waals surface area contributed by atoms with Gasteiger partial charge in [0, 0.05) is 45.1 Å². The lowest BCUT2D eigenvalue weighted by Gasteiger charge is -2.33. The third kappa shape index (κ3) is 5.87. The lowest BCUT2D eigenvalue weighted by atomic mass is 9.91. The van der Waals surface area contributed by atoms with E-state index < -0.39 is 5.41 Å². The highest BCUT2D eigenvalue weighted by molar-refractivity contribution is 6.19. The van der Waals surface area contributed by atoms with Crippen LogP contribution in [0.25, 0.3) is 11.0 Å². The number of benzene rings is 1. The number of aromatic nitrogens is 2. The molecule has 0 spiro atoms. The smallest absolute Gasteiger partial charge is 0.261 e. The maximum atomic E-state index is 13.3. The molecule has 1 aliphatic heterocycles. The first-order valence-corrected chi connectivity index (χ1v) is 14.7. The summed E-state index contributed by atoms with van der Waals surface area (Å²) in [4.78, 5) is 58.8. The molecule has 0 saturated heterocycles. The zero-order chi connectivity index (χ0) is 31.6. The first kappa shape index (κ1) is 30.7. The van der Waals surface area contributed by atoms with E-state index in [1.807, 2.05) is 43.3 Å². The van der Waals surface area contributed by atoms with Gasteiger partial charge >= 0.3 is 0 Å². The molecule has 1 aliphatic rings. The zero-order valence-corrected chi connectivity index (χ0v) is 25.7. The first-order chi connectivity index (χ1) is 21.0. The molecule has 0 fully saturated rings. The molecule has 0 saturated carbocycles. The fourth-order valence-corrected chi connectivity index (χ4v) is 5.84. The number of nitrogens with zero attached hydrogens (tertiary/aromatic N) is 4. The van der Waals surface area contributed by atoms with Gasteiger partial charge in [0.15, 0.2) is 0 Å². The Morgan fingerprint density at radius 2 is 1.95 bits per heavy atom. The van der Waals surface area contributed by atoms with Crippen LogP contribution in [0.15, 0.2) is 64.1 Å². The number of hydrogen-bond acceptors (Lipinski definition) is 7. The van der Waals surface area contributed by atoms with E-state index in [-0.39, 0.29) is 23.4 Å². The van der Waals surface area contributed by atoms with Crippen molar-refractivity contribution in [3.05, 3.63) is 87.8 Å². The molecule has 3 amide bonds. The van der Waals surface area contributed by atoms with Crippen molar-refractivity contribution in [2.75, 3.05) is 23.8 Å². The quantitative estimate of drug-likeness (QED) is 0.196. The molecule has 1 unspecified atom stereocenters. The number of furan rings is 1. The molecular weight excluding hydrogens is 560 g/mol. The number of nitrogens with one attached hydrogen (secondary N) is 2. The van der Waals surface area contributed by atoms with Gasteiger partial charge in [-0.25, -0.2) is 0 Å². The standard InChI is InChI=1S/C33H38N6O5/c1-6-27(22-9-10-25-28(17-22)37(5)32(43)33(3,4)31(42)36-25)39(19-23-8-7-12-35-26(23)18-34-20-40)15-14-38-13-11-29-24(30(38)41)16-21(2)44-29/h7-13,16-17,20,27H,6,14-15,18-19H2,1-5H3,(H,34,40)(H,36,42). The normalized spacial score (nSPS) is 15.2. The molecule has 230 valence electrons. The Bertz CT molecular complexity index is 1770. The van der Waals surface area contributed by atoms with Gasteiger partial charge in [-0.05, 0) is 68.7 Å². The summed E-state index contributed by atoms with van der Waals surface area (Å²) in [7, 11) is 1.69. The van der Waals surface area contributed by atoms with E-state index in [0.717, 1.165) is 23.2 Å². The van der Waals surface area contributed by atoms with Crippen molar-refractivity contribution >= 4 is 40.6 Å². The second-order valence-electron chi connectivity index (χ2n) is 11.7. The van der Waals surface area contributed by atoms with E-state index in [1.54, 1.807) is 48.8 Å². The monoisotopic (exact) mass is 598 g/mol. The highest BCUT2D eigenvalue weighted by Crippen LogP contribution is 2.38. The summed E-state index contributed by atoms with van der Waals surface area (Å²) in [6.07, 6.45) is 4.83. The summed E-state index contributed by atoms with van der Waals surface area (Å²) in [5.74, 6) is 0.0438. The van der Waals surface area contributed by atoms with Crippen molar-refractivity contribution in [1.82, 2.24) is 19.8 Å². The largest absolute Gasteiger partial charge is 0.461 e. The maximum Gasteiger partial charge on any atom is 0.261 e. The number of aryl methyl sites for hydroxylation is 1. The predicted molar refractivity (Wildman–Crippen MR) is 168 cm³/mol. The molecule has 4 heterocycles. The van der Waals surface area contributed by atoms with Crippen LogP contribution in [0, 0.1) is 12.3 Å². The van der Waals surface area contributed by atoms with Crippen LogP contribution in [-0.2, 0) is 34.0 Å². The molecule has 1 aromatic carbocycles. The molecule has 0 radical (unpaired) electrons.